The number of para-hydroxylation sites is 1. The molecule has 1 rings (SSSR count). The number of hydrogen-bond acceptors (Lipinski definition) is 2. The molecule has 2 nitrogen and oxygen atoms in total. The molecule has 0 saturated carbocycles. The first-order chi connectivity index (χ1) is 9.19. The Balaban J connectivity index is 2.73. The van der Waals surface area contributed by atoms with E-state index in [-0.39, 0.29) is 0 Å². The Kier molecular flexibility index (Phi) is 7.57. The average Bonchev–Trinajstić information content (AvgIpc) is 2.43. The average molecular weight is 262 g/mol. The largest absolute Gasteiger partial charge is 0.370 e. The number of nitrogens with one attached hydrogen (secondary N) is 1. The van der Waals surface area contributed by atoms with Crippen molar-refractivity contribution in [1.29, 1.82) is 0 Å². The Labute approximate surface area is 119 Å². The molecule has 0 bridgehead atoms. The molecule has 0 aliphatic heterocycles. The van der Waals surface area contributed by atoms with E-state index < -0.39 is 0 Å². The zero-order valence-electron chi connectivity index (χ0n) is 13.0. The van der Waals surface area contributed by atoms with Gasteiger partial charge in [-0.15, -0.1) is 0 Å². The third kappa shape index (κ3) is 5.65. The molecule has 1 aromatic rings. The predicted molar refractivity (Wildman–Crippen MR) is 85.9 cm³/mol. The maximum atomic E-state index is 3.62. The van der Waals surface area contributed by atoms with Crippen LogP contribution in [0.4, 0.5) is 5.69 Å². The number of hydrogen-bond donors (Lipinski definition) is 1. The van der Waals surface area contributed by atoms with E-state index in [0.717, 1.165) is 19.6 Å². The predicted octanol–water partition coefficient (Wildman–Crippen LogP) is 3.93. The fourth-order valence-electron chi connectivity index (χ4n) is 2.32. The van der Waals surface area contributed by atoms with Crippen LogP contribution in [0.5, 0.6) is 0 Å². The fraction of sp³-hybridized carbons (Fsp3) is 0.647. The Bertz CT molecular complexity index is 321. The lowest BCUT2D eigenvalue weighted by Crippen LogP contribution is -2.44. The molecule has 0 amide bonds. The van der Waals surface area contributed by atoms with Crippen molar-refractivity contribution < 1.29 is 0 Å². The SMILES string of the molecule is CCCCN(CC(NCC)C(C)C)c1ccccc1. The minimum Gasteiger partial charge on any atom is -0.370 e. The third-order valence-electron chi connectivity index (χ3n) is 3.59. The van der Waals surface area contributed by atoms with Crippen LogP contribution >= 0.6 is 0 Å². The molecular formula is C17H30N2. The minimum absolute atomic E-state index is 0.557. The monoisotopic (exact) mass is 262 g/mol. The number of likely N-dealkylation sites (N-methyl/N-ethyl adjacent to an activating group) is 1. The number of benzene rings is 1. The van der Waals surface area contributed by atoms with E-state index >= 15 is 0 Å². The number of anilines is 1. The van der Waals surface area contributed by atoms with Crippen LogP contribution in [0.15, 0.2) is 30.3 Å². The lowest BCUT2D eigenvalue weighted by Gasteiger charge is -2.32. The van der Waals surface area contributed by atoms with Gasteiger partial charge in [0.15, 0.2) is 0 Å². The Morgan fingerprint density at radius 3 is 2.32 bits per heavy atom. The molecule has 1 unspecified atom stereocenters. The van der Waals surface area contributed by atoms with Gasteiger partial charge < -0.3 is 10.2 Å². The summed E-state index contributed by atoms with van der Waals surface area (Å²) in [6, 6.07) is 11.4. The molecule has 19 heavy (non-hydrogen) atoms. The van der Waals surface area contributed by atoms with Crippen molar-refractivity contribution in [2.45, 2.75) is 46.6 Å². The summed E-state index contributed by atoms with van der Waals surface area (Å²) in [4.78, 5) is 2.52. The summed E-state index contributed by atoms with van der Waals surface area (Å²) in [5.41, 5.74) is 1.35. The van der Waals surface area contributed by atoms with Crippen LogP contribution in [0.2, 0.25) is 0 Å². The van der Waals surface area contributed by atoms with Crippen molar-refractivity contribution in [2.24, 2.45) is 5.92 Å². The molecule has 2 heteroatoms. The fourth-order valence-corrected chi connectivity index (χ4v) is 2.32. The molecule has 1 N–H and O–H groups in total. The smallest absolute Gasteiger partial charge is 0.0366 e. The van der Waals surface area contributed by atoms with Gasteiger partial charge >= 0.3 is 0 Å². The van der Waals surface area contributed by atoms with Crippen molar-refractivity contribution in [2.75, 3.05) is 24.5 Å². The number of nitrogens with zero attached hydrogens (tertiary/aromatic N) is 1. The van der Waals surface area contributed by atoms with Crippen molar-refractivity contribution in [3.05, 3.63) is 30.3 Å². The van der Waals surface area contributed by atoms with Crippen LogP contribution in [0.25, 0.3) is 0 Å². The number of rotatable bonds is 9. The zero-order valence-corrected chi connectivity index (χ0v) is 13.0. The maximum absolute atomic E-state index is 3.62. The topological polar surface area (TPSA) is 15.3 Å². The van der Waals surface area contributed by atoms with Crippen molar-refractivity contribution in [3.8, 4) is 0 Å². The second-order valence-corrected chi connectivity index (χ2v) is 5.54. The molecule has 0 spiro atoms. The van der Waals surface area contributed by atoms with Gasteiger partial charge in [-0.25, -0.2) is 0 Å². The molecule has 0 aromatic heterocycles. The summed E-state index contributed by atoms with van der Waals surface area (Å²) in [6.07, 6.45) is 2.50. The lowest BCUT2D eigenvalue weighted by molar-refractivity contribution is 0.404. The summed E-state index contributed by atoms with van der Waals surface area (Å²) in [5, 5.41) is 3.62. The van der Waals surface area contributed by atoms with Gasteiger partial charge in [-0.3, -0.25) is 0 Å². The van der Waals surface area contributed by atoms with Gasteiger partial charge in [0.25, 0.3) is 0 Å². The highest BCUT2D eigenvalue weighted by molar-refractivity contribution is 5.46. The van der Waals surface area contributed by atoms with Gasteiger partial charge in [0.05, 0.1) is 0 Å². The van der Waals surface area contributed by atoms with Gasteiger partial charge in [-0.1, -0.05) is 52.3 Å². The van der Waals surface area contributed by atoms with Crippen LogP contribution in [0, 0.1) is 5.92 Å². The second kappa shape index (κ2) is 8.98. The number of unbranched alkanes of at least 4 members (excludes halogenated alkanes) is 1. The van der Waals surface area contributed by atoms with Crippen molar-refractivity contribution >= 4 is 5.69 Å². The van der Waals surface area contributed by atoms with E-state index in [9.17, 15) is 0 Å². The Morgan fingerprint density at radius 2 is 1.79 bits per heavy atom. The minimum atomic E-state index is 0.557. The van der Waals surface area contributed by atoms with Crippen molar-refractivity contribution in [1.82, 2.24) is 5.32 Å². The van der Waals surface area contributed by atoms with Crippen LogP contribution in [-0.2, 0) is 0 Å². The van der Waals surface area contributed by atoms with E-state index in [4.69, 9.17) is 0 Å². The third-order valence-corrected chi connectivity index (χ3v) is 3.59. The molecule has 0 heterocycles. The second-order valence-electron chi connectivity index (χ2n) is 5.54. The summed E-state index contributed by atoms with van der Waals surface area (Å²) >= 11 is 0. The van der Waals surface area contributed by atoms with E-state index in [1.165, 1.54) is 18.5 Å². The van der Waals surface area contributed by atoms with Gasteiger partial charge in [0.1, 0.15) is 0 Å². The first-order valence-electron chi connectivity index (χ1n) is 7.72. The van der Waals surface area contributed by atoms with Gasteiger partial charge in [0, 0.05) is 24.8 Å². The molecular weight excluding hydrogens is 232 g/mol. The molecule has 1 atom stereocenters. The standard InChI is InChI=1S/C17H30N2/c1-5-7-13-19(16-11-9-8-10-12-16)14-17(15(3)4)18-6-2/h8-12,15,17-18H,5-7,13-14H2,1-4H3. The van der Waals surface area contributed by atoms with E-state index in [2.05, 4.69) is 68.2 Å². The molecule has 0 radical (unpaired) electrons. The quantitative estimate of drug-likeness (QED) is 0.725. The summed E-state index contributed by atoms with van der Waals surface area (Å²) < 4.78 is 0. The molecule has 0 saturated heterocycles. The van der Waals surface area contributed by atoms with Gasteiger partial charge in [-0.05, 0) is 31.0 Å². The molecule has 108 valence electrons. The molecule has 1 aromatic carbocycles. The summed E-state index contributed by atoms with van der Waals surface area (Å²) in [7, 11) is 0. The van der Waals surface area contributed by atoms with E-state index in [1.54, 1.807) is 0 Å². The molecule has 0 aliphatic rings. The highest BCUT2D eigenvalue weighted by Gasteiger charge is 2.16. The maximum Gasteiger partial charge on any atom is 0.0366 e. The van der Waals surface area contributed by atoms with Gasteiger partial charge in [0.2, 0.25) is 0 Å². The van der Waals surface area contributed by atoms with Crippen LogP contribution in [-0.4, -0.2) is 25.7 Å². The van der Waals surface area contributed by atoms with Crippen LogP contribution in [0.3, 0.4) is 0 Å². The molecule has 0 aliphatic carbocycles. The lowest BCUT2D eigenvalue weighted by atomic mass is 10.0. The van der Waals surface area contributed by atoms with Crippen LogP contribution in [0.1, 0.15) is 40.5 Å². The van der Waals surface area contributed by atoms with E-state index in [0.29, 0.717) is 12.0 Å². The summed E-state index contributed by atoms with van der Waals surface area (Å²) in [6.45, 7) is 12.3. The Morgan fingerprint density at radius 1 is 1.11 bits per heavy atom. The summed E-state index contributed by atoms with van der Waals surface area (Å²) in [5.74, 6) is 0.660. The first-order valence-corrected chi connectivity index (χ1v) is 7.72. The highest BCUT2D eigenvalue weighted by atomic mass is 15.2. The zero-order chi connectivity index (χ0) is 14.1. The Hall–Kier alpha value is -1.02. The van der Waals surface area contributed by atoms with Crippen molar-refractivity contribution in [3.63, 3.8) is 0 Å². The normalized spacial score (nSPS) is 12.7. The van der Waals surface area contributed by atoms with E-state index in [1.807, 2.05) is 0 Å². The van der Waals surface area contributed by atoms with Gasteiger partial charge in [-0.2, -0.15) is 0 Å². The van der Waals surface area contributed by atoms with Crippen LogP contribution < -0.4 is 10.2 Å². The molecule has 0 fully saturated rings. The highest BCUT2D eigenvalue weighted by Crippen LogP contribution is 2.16. The first kappa shape index (κ1) is 16.0.